The smallest absolute Gasteiger partial charge is 0.416 e. The minimum absolute atomic E-state index is 0.0385. The Hall–Kier alpha value is -3.96. The number of hydrazine groups is 1. The van der Waals surface area contributed by atoms with Crippen LogP contribution in [-0.4, -0.2) is 45.6 Å². The van der Waals surface area contributed by atoms with Crippen LogP contribution in [0.25, 0.3) is 0 Å². The van der Waals surface area contributed by atoms with Crippen molar-refractivity contribution >= 4 is 23.4 Å². The van der Waals surface area contributed by atoms with Gasteiger partial charge in [0.15, 0.2) is 11.5 Å². The third-order valence-electron chi connectivity index (χ3n) is 5.21. The number of carbonyl (C=O) groups excluding carboxylic acids is 3. The number of nitrogens with zero attached hydrogens (tertiary/aromatic N) is 1. The molecule has 3 amide bonds. The summed E-state index contributed by atoms with van der Waals surface area (Å²) in [5, 5.41) is 0. The first-order chi connectivity index (χ1) is 16.1. The fraction of sp³-hybridized carbons (Fsp3) is 0.318. The van der Waals surface area contributed by atoms with Gasteiger partial charge in [-0.25, -0.2) is 0 Å². The molecule has 3 rings (SSSR count). The predicted molar refractivity (Wildman–Crippen MR) is 114 cm³/mol. The van der Waals surface area contributed by atoms with Crippen molar-refractivity contribution in [2.24, 2.45) is 5.92 Å². The maximum atomic E-state index is 13.0. The lowest BCUT2D eigenvalue weighted by Gasteiger charge is -2.18. The van der Waals surface area contributed by atoms with E-state index in [2.05, 4.69) is 10.9 Å². The van der Waals surface area contributed by atoms with Crippen LogP contribution in [0.15, 0.2) is 36.4 Å². The Balaban J connectivity index is 1.66. The highest BCUT2D eigenvalue weighted by Crippen LogP contribution is 2.38. The molecule has 1 unspecified atom stereocenters. The SMILES string of the molecule is COc1cc(C(=O)NNC(=O)C2CC(=O)N(c3cccc(C(F)(F)F)c3)C2)cc(OC)c1OC. The van der Waals surface area contributed by atoms with Crippen molar-refractivity contribution in [2.75, 3.05) is 32.8 Å². The van der Waals surface area contributed by atoms with Crippen molar-refractivity contribution in [3.63, 3.8) is 0 Å². The Morgan fingerprint density at radius 2 is 1.65 bits per heavy atom. The Labute approximate surface area is 192 Å². The largest absolute Gasteiger partial charge is 0.493 e. The summed E-state index contributed by atoms with van der Waals surface area (Å²) in [4.78, 5) is 38.5. The van der Waals surface area contributed by atoms with E-state index in [-0.39, 0.29) is 41.5 Å². The van der Waals surface area contributed by atoms with Crippen LogP contribution >= 0.6 is 0 Å². The molecule has 34 heavy (non-hydrogen) atoms. The van der Waals surface area contributed by atoms with Crippen molar-refractivity contribution in [3.05, 3.63) is 47.5 Å². The predicted octanol–water partition coefficient (Wildman–Crippen LogP) is 2.55. The number of benzene rings is 2. The van der Waals surface area contributed by atoms with Gasteiger partial charge < -0.3 is 19.1 Å². The second kappa shape index (κ2) is 9.89. The van der Waals surface area contributed by atoms with E-state index in [0.717, 1.165) is 17.0 Å². The Bertz CT molecular complexity index is 1080. The lowest BCUT2D eigenvalue weighted by atomic mass is 10.1. The summed E-state index contributed by atoms with van der Waals surface area (Å²) < 4.78 is 54.5. The summed E-state index contributed by atoms with van der Waals surface area (Å²) in [6, 6.07) is 7.07. The van der Waals surface area contributed by atoms with Gasteiger partial charge in [0, 0.05) is 24.2 Å². The summed E-state index contributed by atoms with van der Waals surface area (Å²) in [5.41, 5.74) is 3.73. The van der Waals surface area contributed by atoms with E-state index in [1.807, 2.05) is 0 Å². The van der Waals surface area contributed by atoms with Gasteiger partial charge in [-0.05, 0) is 30.3 Å². The molecule has 12 heteroatoms. The third-order valence-corrected chi connectivity index (χ3v) is 5.21. The van der Waals surface area contributed by atoms with E-state index in [1.165, 1.54) is 45.6 Å². The third kappa shape index (κ3) is 5.16. The molecule has 0 aliphatic carbocycles. The minimum atomic E-state index is -4.56. The quantitative estimate of drug-likeness (QED) is 0.615. The van der Waals surface area contributed by atoms with Gasteiger partial charge in [-0.3, -0.25) is 25.2 Å². The van der Waals surface area contributed by atoms with Crippen molar-refractivity contribution in [1.29, 1.82) is 0 Å². The van der Waals surface area contributed by atoms with Crippen molar-refractivity contribution < 1.29 is 41.8 Å². The highest BCUT2D eigenvalue weighted by atomic mass is 19.4. The standard InChI is InChI=1S/C22H22F3N3O6/c1-32-16-7-12(8-17(33-2)19(16)34-3)20(30)26-27-21(31)13-9-18(29)28(11-13)15-6-4-5-14(10-15)22(23,24)25/h4-8,10,13H,9,11H2,1-3H3,(H,26,30)(H,27,31). The molecule has 2 N–H and O–H groups in total. The van der Waals surface area contributed by atoms with E-state index in [9.17, 15) is 27.6 Å². The Kier molecular flexibility index (Phi) is 7.18. The fourth-order valence-corrected chi connectivity index (χ4v) is 3.49. The second-order valence-corrected chi connectivity index (χ2v) is 7.31. The normalized spacial score (nSPS) is 15.6. The highest BCUT2D eigenvalue weighted by molar-refractivity contribution is 6.01. The first kappa shape index (κ1) is 24.7. The van der Waals surface area contributed by atoms with Crippen LogP contribution in [0.2, 0.25) is 0 Å². The van der Waals surface area contributed by atoms with E-state index in [1.54, 1.807) is 0 Å². The summed E-state index contributed by atoms with van der Waals surface area (Å²) in [5.74, 6) is -1.98. The topological polar surface area (TPSA) is 106 Å². The average molecular weight is 481 g/mol. The van der Waals surface area contributed by atoms with Gasteiger partial charge >= 0.3 is 6.18 Å². The van der Waals surface area contributed by atoms with Gasteiger partial charge in [-0.2, -0.15) is 13.2 Å². The second-order valence-electron chi connectivity index (χ2n) is 7.31. The van der Waals surface area contributed by atoms with Crippen molar-refractivity contribution in [1.82, 2.24) is 10.9 Å². The lowest BCUT2D eigenvalue weighted by molar-refractivity contribution is -0.137. The number of halogens is 3. The van der Waals surface area contributed by atoms with Gasteiger partial charge in [0.1, 0.15) is 0 Å². The molecule has 0 radical (unpaired) electrons. The summed E-state index contributed by atoms with van der Waals surface area (Å²) >= 11 is 0. The number of amides is 3. The molecule has 1 fully saturated rings. The van der Waals surface area contributed by atoms with Crippen LogP contribution in [0.3, 0.4) is 0 Å². The number of rotatable bonds is 6. The molecule has 1 atom stereocenters. The summed E-state index contributed by atoms with van der Waals surface area (Å²) in [6.45, 7) is -0.133. The van der Waals surface area contributed by atoms with Crippen LogP contribution in [0.1, 0.15) is 22.3 Å². The molecule has 2 aromatic rings. The maximum Gasteiger partial charge on any atom is 0.416 e. The van der Waals surface area contributed by atoms with Crippen LogP contribution < -0.4 is 30.0 Å². The molecule has 0 spiro atoms. The summed E-state index contributed by atoms with van der Waals surface area (Å²) in [7, 11) is 4.17. The Morgan fingerprint density at radius 3 is 2.21 bits per heavy atom. The van der Waals surface area contributed by atoms with Crippen LogP contribution in [0, 0.1) is 5.92 Å². The molecular formula is C22H22F3N3O6. The van der Waals surface area contributed by atoms with Gasteiger partial charge in [0.25, 0.3) is 5.91 Å². The lowest BCUT2D eigenvalue weighted by Crippen LogP contribution is -2.45. The van der Waals surface area contributed by atoms with E-state index in [4.69, 9.17) is 14.2 Å². The zero-order valence-corrected chi connectivity index (χ0v) is 18.5. The molecule has 182 valence electrons. The summed E-state index contributed by atoms with van der Waals surface area (Å²) in [6.07, 6.45) is -4.78. The number of carbonyl (C=O) groups is 3. The first-order valence-electron chi connectivity index (χ1n) is 9.96. The number of ether oxygens (including phenoxy) is 3. The number of nitrogens with one attached hydrogen (secondary N) is 2. The van der Waals surface area contributed by atoms with E-state index < -0.39 is 35.4 Å². The molecule has 2 aromatic carbocycles. The van der Waals surface area contributed by atoms with Gasteiger partial charge in [0.2, 0.25) is 17.6 Å². The van der Waals surface area contributed by atoms with Gasteiger partial charge in [-0.1, -0.05) is 6.07 Å². The van der Waals surface area contributed by atoms with Crippen LogP contribution in [-0.2, 0) is 15.8 Å². The molecule has 0 saturated carbocycles. The number of methoxy groups -OCH3 is 3. The zero-order chi connectivity index (χ0) is 25.0. The molecule has 1 heterocycles. The van der Waals surface area contributed by atoms with Gasteiger partial charge in [-0.15, -0.1) is 0 Å². The number of hydrogen-bond donors (Lipinski definition) is 2. The van der Waals surface area contributed by atoms with Gasteiger partial charge in [0.05, 0.1) is 32.8 Å². The molecular weight excluding hydrogens is 459 g/mol. The molecule has 0 bridgehead atoms. The molecule has 9 nitrogen and oxygen atoms in total. The van der Waals surface area contributed by atoms with Crippen molar-refractivity contribution in [2.45, 2.75) is 12.6 Å². The first-order valence-corrected chi connectivity index (χ1v) is 9.96. The Morgan fingerprint density at radius 1 is 1.00 bits per heavy atom. The monoisotopic (exact) mass is 481 g/mol. The van der Waals surface area contributed by atoms with Crippen LogP contribution in [0.4, 0.5) is 18.9 Å². The highest BCUT2D eigenvalue weighted by Gasteiger charge is 2.37. The van der Waals surface area contributed by atoms with Crippen molar-refractivity contribution in [3.8, 4) is 17.2 Å². The molecule has 0 aromatic heterocycles. The van der Waals surface area contributed by atoms with E-state index >= 15 is 0 Å². The zero-order valence-electron chi connectivity index (χ0n) is 18.5. The molecule has 1 aliphatic heterocycles. The molecule has 1 saturated heterocycles. The minimum Gasteiger partial charge on any atom is -0.493 e. The fourth-order valence-electron chi connectivity index (χ4n) is 3.49. The van der Waals surface area contributed by atoms with Crippen LogP contribution in [0.5, 0.6) is 17.2 Å². The molecule has 1 aliphatic rings. The van der Waals surface area contributed by atoms with E-state index in [0.29, 0.717) is 0 Å². The maximum absolute atomic E-state index is 13.0. The number of alkyl halides is 3. The number of anilines is 1. The number of hydrogen-bond acceptors (Lipinski definition) is 6. The average Bonchev–Trinajstić information content (AvgIpc) is 3.22.